The molecule has 27 heavy (non-hydrogen) atoms. The number of halogens is 2. The van der Waals surface area contributed by atoms with Crippen molar-refractivity contribution in [2.75, 3.05) is 43.6 Å². The number of alkyl halides is 1. The largest absolute Gasteiger partial charge is 0.378 e. The van der Waals surface area contributed by atoms with E-state index in [1.54, 1.807) is 17.0 Å². The number of fused-ring (bicyclic) bond motifs is 1. The number of carbonyl (C=O) groups excluding carboxylic acids is 1. The van der Waals surface area contributed by atoms with Crippen molar-refractivity contribution in [3.63, 3.8) is 0 Å². The number of benzene rings is 1. The van der Waals surface area contributed by atoms with E-state index in [9.17, 15) is 9.18 Å². The molecule has 0 saturated carbocycles. The van der Waals surface area contributed by atoms with Gasteiger partial charge < -0.3 is 14.5 Å². The molecular formula is C19H20ClFN4O2. The van der Waals surface area contributed by atoms with E-state index in [2.05, 4.69) is 4.90 Å². The van der Waals surface area contributed by atoms with Crippen LogP contribution in [-0.4, -0.2) is 59.5 Å². The number of hydrogen-bond acceptors (Lipinski definition) is 5. The number of amides is 1. The zero-order valence-corrected chi connectivity index (χ0v) is 15.6. The molecule has 0 radical (unpaired) electrons. The van der Waals surface area contributed by atoms with Crippen molar-refractivity contribution in [3.8, 4) is 11.4 Å². The van der Waals surface area contributed by atoms with E-state index >= 15 is 0 Å². The summed E-state index contributed by atoms with van der Waals surface area (Å²) >= 11 is 5.74. The Balaban J connectivity index is 1.76. The molecular weight excluding hydrogens is 371 g/mol. The first-order chi connectivity index (χ1) is 13.2. The maximum atomic E-state index is 13.3. The van der Waals surface area contributed by atoms with Gasteiger partial charge in [0.2, 0.25) is 5.91 Å². The molecule has 6 nitrogen and oxygen atoms in total. The van der Waals surface area contributed by atoms with Crippen molar-refractivity contribution in [1.82, 2.24) is 14.9 Å². The van der Waals surface area contributed by atoms with Crippen LogP contribution in [0.2, 0.25) is 0 Å². The van der Waals surface area contributed by atoms with Crippen LogP contribution < -0.4 is 4.90 Å². The van der Waals surface area contributed by atoms with Gasteiger partial charge in [-0.05, 0) is 24.3 Å². The molecule has 1 fully saturated rings. The Bertz CT molecular complexity index is 840. The third kappa shape index (κ3) is 3.75. The molecule has 0 unspecified atom stereocenters. The fraction of sp³-hybridized carbons (Fsp3) is 0.421. The normalized spacial score (nSPS) is 17.0. The third-order valence-corrected chi connectivity index (χ3v) is 5.15. The van der Waals surface area contributed by atoms with Gasteiger partial charge in [-0.1, -0.05) is 0 Å². The van der Waals surface area contributed by atoms with E-state index in [-0.39, 0.29) is 17.6 Å². The van der Waals surface area contributed by atoms with Gasteiger partial charge in [-0.15, -0.1) is 11.6 Å². The van der Waals surface area contributed by atoms with Crippen LogP contribution in [-0.2, 0) is 22.5 Å². The van der Waals surface area contributed by atoms with Gasteiger partial charge in [-0.3, -0.25) is 4.79 Å². The molecule has 1 saturated heterocycles. The van der Waals surface area contributed by atoms with Gasteiger partial charge in [0.05, 0.1) is 25.5 Å². The average Bonchev–Trinajstić information content (AvgIpc) is 2.73. The van der Waals surface area contributed by atoms with Gasteiger partial charge in [0, 0.05) is 37.2 Å². The van der Waals surface area contributed by atoms with Gasteiger partial charge in [0.1, 0.15) is 17.5 Å². The number of rotatable bonds is 3. The van der Waals surface area contributed by atoms with Gasteiger partial charge in [0.15, 0.2) is 5.82 Å². The Labute approximate surface area is 161 Å². The first-order valence-electron chi connectivity index (χ1n) is 8.98. The lowest BCUT2D eigenvalue weighted by Gasteiger charge is -2.34. The Hall–Kier alpha value is -2.25. The van der Waals surface area contributed by atoms with Crippen LogP contribution in [0.25, 0.3) is 11.4 Å². The van der Waals surface area contributed by atoms with E-state index in [0.717, 1.165) is 35.7 Å². The second-order valence-corrected chi connectivity index (χ2v) is 6.87. The van der Waals surface area contributed by atoms with E-state index in [1.165, 1.54) is 12.1 Å². The molecule has 0 aliphatic carbocycles. The van der Waals surface area contributed by atoms with Crippen LogP contribution in [0.15, 0.2) is 24.3 Å². The summed E-state index contributed by atoms with van der Waals surface area (Å²) in [6.45, 7) is 3.77. The van der Waals surface area contributed by atoms with Crippen LogP contribution >= 0.6 is 11.6 Å². The summed E-state index contributed by atoms with van der Waals surface area (Å²) in [6.07, 6.45) is 0.645. The second kappa shape index (κ2) is 7.78. The maximum absolute atomic E-state index is 13.3. The molecule has 0 atom stereocenters. The number of ether oxygens (including phenoxy) is 1. The summed E-state index contributed by atoms with van der Waals surface area (Å²) in [5.74, 6) is 0.997. The Kier molecular flexibility index (Phi) is 5.22. The lowest BCUT2D eigenvalue weighted by Crippen LogP contribution is -2.41. The lowest BCUT2D eigenvalue weighted by molar-refractivity contribution is -0.129. The monoisotopic (exact) mass is 390 g/mol. The number of aromatic nitrogens is 2. The highest BCUT2D eigenvalue weighted by molar-refractivity contribution is 6.27. The molecule has 2 aliphatic heterocycles. The molecule has 1 aromatic carbocycles. The van der Waals surface area contributed by atoms with Gasteiger partial charge in [0.25, 0.3) is 0 Å². The molecule has 3 heterocycles. The van der Waals surface area contributed by atoms with Crippen molar-refractivity contribution >= 4 is 23.3 Å². The Morgan fingerprint density at radius 1 is 1.15 bits per heavy atom. The van der Waals surface area contributed by atoms with Gasteiger partial charge >= 0.3 is 0 Å². The zero-order valence-electron chi connectivity index (χ0n) is 14.8. The topological polar surface area (TPSA) is 58.6 Å². The quantitative estimate of drug-likeness (QED) is 0.752. The van der Waals surface area contributed by atoms with Crippen LogP contribution in [0.3, 0.4) is 0 Å². The van der Waals surface area contributed by atoms with Gasteiger partial charge in [-0.25, -0.2) is 14.4 Å². The minimum absolute atomic E-state index is 0.0310. The first-order valence-corrected chi connectivity index (χ1v) is 9.51. The third-order valence-electron chi connectivity index (χ3n) is 4.92. The predicted molar refractivity (Wildman–Crippen MR) is 100 cm³/mol. The highest BCUT2D eigenvalue weighted by Crippen LogP contribution is 2.30. The first kappa shape index (κ1) is 18.1. The Morgan fingerprint density at radius 3 is 2.59 bits per heavy atom. The zero-order chi connectivity index (χ0) is 18.8. The standard InChI is InChI=1S/C19H20ClFN4O2/c20-11-17(26)25-6-5-16-15(12-25)19(24-7-9-27-10-8-24)23-18(22-16)13-1-3-14(21)4-2-13/h1-4H,5-12H2. The predicted octanol–water partition coefficient (Wildman–Crippen LogP) is 2.24. The van der Waals surface area contributed by atoms with Crippen LogP contribution in [0, 0.1) is 5.82 Å². The van der Waals surface area contributed by atoms with Crippen molar-refractivity contribution < 1.29 is 13.9 Å². The number of anilines is 1. The minimum atomic E-state index is -0.291. The van der Waals surface area contributed by atoms with E-state index in [0.29, 0.717) is 38.5 Å². The van der Waals surface area contributed by atoms with Crippen LogP contribution in [0.5, 0.6) is 0 Å². The molecule has 0 N–H and O–H groups in total. The summed E-state index contributed by atoms with van der Waals surface area (Å²) in [4.78, 5) is 25.5. The van der Waals surface area contributed by atoms with Gasteiger partial charge in [-0.2, -0.15) is 0 Å². The Morgan fingerprint density at radius 2 is 1.89 bits per heavy atom. The van der Waals surface area contributed by atoms with Crippen molar-refractivity contribution in [2.24, 2.45) is 0 Å². The van der Waals surface area contributed by atoms with Crippen LogP contribution in [0.1, 0.15) is 11.3 Å². The minimum Gasteiger partial charge on any atom is -0.378 e. The molecule has 0 bridgehead atoms. The molecule has 0 spiro atoms. The number of morpholine rings is 1. The highest BCUT2D eigenvalue weighted by Gasteiger charge is 2.28. The lowest BCUT2D eigenvalue weighted by atomic mass is 10.0. The van der Waals surface area contributed by atoms with Crippen molar-refractivity contribution in [3.05, 3.63) is 41.3 Å². The van der Waals surface area contributed by atoms with Crippen molar-refractivity contribution in [2.45, 2.75) is 13.0 Å². The molecule has 2 aromatic rings. The SMILES string of the molecule is O=C(CCl)N1CCc2nc(-c3ccc(F)cc3)nc(N3CCOCC3)c2C1. The van der Waals surface area contributed by atoms with E-state index in [1.807, 2.05) is 0 Å². The fourth-order valence-electron chi connectivity index (χ4n) is 3.46. The molecule has 4 rings (SSSR count). The summed E-state index contributed by atoms with van der Waals surface area (Å²) in [5, 5.41) is 0. The molecule has 2 aliphatic rings. The summed E-state index contributed by atoms with van der Waals surface area (Å²) in [6, 6.07) is 6.19. The summed E-state index contributed by atoms with van der Waals surface area (Å²) in [5.41, 5.74) is 2.67. The highest BCUT2D eigenvalue weighted by atomic mass is 35.5. The molecule has 8 heteroatoms. The van der Waals surface area contributed by atoms with E-state index in [4.69, 9.17) is 26.3 Å². The maximum Gasteiger partial charge on any atom is 0.237 e. The molecule has 1 aromatic heterocycles. The number of nitrogens with zero attached hydrogens (tertiary/aromatic N) is 4. The summed E-state index contributed by atoms with van der Waals surface area (Å²) < 4.78 is 18.7. The van der Waals surface area contributed by atoms with E-state index < -0.39 is 0 Å². The number of carbonyl (C=O) groups is 1. The second-order valence-electron chi connectivity index (χ2n) is 6.60. The average molecular weight is 391 g/mol. The van der Waals surface area contributed by atoms with Crippen molar-refractivity contribution in [1.29, 1.82) is 0 Å². The molecule has 1 amide bonds. The smallest absolute Gasteiger partial charge is 0.237 e. The number of hydrogen-bond donors (Lipinski definition) is 0. The van der Waals surface area contributed by atoms with Crippen LogP contribution in [0.4, 0.5) is 10.2 Å². The fourth-order valence-corrected chi connectivity index (χ4v) is 3.63. The summed E-state index contributed by atoms with van der Waals surface area (Å²) in [7, 11) is 0. The molecule has 142 valence electrons.